The fourth-order valence-electron chi connectivity index (χ4n) is 2.88. The Morgan fingerprint density at radius 1 is 1.17 bits per heavy atom. The molecule has 1 aliphatic heterocycles. The predicted molar refractivity (Wildman–Crippen MR) is 111 cm³/mol. The molecule has 0 spiro atoms. The van der Waals surface area contributed by atoms with Crippen molar-refractivity contribution in [2.45, 2.75) is 19.4 Å². The van der Waals surface area contributed by atoms with E-state index in [-0.39, 0.29) is 12.0 Å². The number of anilines is 1. The maximum atomic E-state index is 12.5. The van der Waals surface area contributed by atoms with Crippen LogP contribution in [0, 0.1) is 0 Å². The molecule has 10 heteroatoms. The number of esters is 1. The average Bonchev–Trinajstić information content (AvgIpc) is 2.66. The molecule has 0 fully saturated rings. The molecule has 0 saturated heterocycles. The molecular formula is C20H20ClNO7S. The van der Waals surface area contributed by atoms with Crippen LogP contribution in [0.5, 0.6) is 11.5 Å². The second kappa shape index (κ2) is 8.93. The summed E-state index contributed by atoms with van der Waals surface area (Å²) in [5, 5.41) is 0.335. The third-order valence-electron chi connectivity index (χ3n) is 4.16. The molecule has 8 nitrogen and oxygen atoms in total. The lowest BCUT2D eigenvalue weighted by molar-refractivity contribution is -0.145. The van der Waals surface area contributed by atoms with Crippen molar-refractivity contribution in [2.75, 3.05) is 24.2 Å². The summed E-state index contributed by atoms with van der Waals surface area (Å²) in [6, 6.07) is 9.08. The van der Waals surface area contributed by atoms with Crippen molar-refractivity contribution in [3.8, 4) is 11.5 Å². The molecule has 1 unspecified atom stereocenters. The molecule has 3 rings (SSSR count). The fraction of sp³-hybridized carbons (Fsp3) is 0.300. The number of hydrogen-bond donors (Lipinski definition) is 1. The Hall–Kier alpha value is -2.78. The van der Waals surface area contributed by atoms with E-state index in [0.717, 1.165) is 6.26 Å². The Balaban J connectivity index is 1.61. The number of nitrogens with one attached hydrogen (secondary N) is 1. The first-order valence-corrected chi connectivity index (χ1v) is 11.3. The lowest BCUT2D eigenvalue weighted by Gasteiger charge is -2.20. The first kappa shape index (κ1) is 21.9. The van der Waals surface area contributed by atoms with Crippen LogP contribution < -0.4 is 14.2 Å². The fourth-order valence-corrected chi connectivity index (χ4v) is 3.73. The Kier molecular flexibility index (Phi) is 6.52. The molecule has 0 saturated carbocycles. The zero-order chi connectivity index (χ0) is 21.9. The molecule has 0 bridgehead atoms. The number of rotatable bonds is 7. The number of halogens is 1. The van der Waals surface area contributed by atoms with Crippen molar-refractivity contribution < 1.29 is 32.2 Å². The minimum Gasteiger partial charge on any atom is -0.486 e. The van der Waals surface area contributed by atoms with Crippen molar-refractivity contribution in [1.82, 2.24) is 0 Å². The van der Waals surface area contributed by atoms with Crippen LogP contribution in [0.2, 0.25) is 5.02 Å². The zero-order valence-corrected chi connectivity index (χ0v) is 17.9. The van der Waals surface area contributed by atoms with E-state index in [0.29, 0.717) is 41.0 Å². The van der Waals surface area contributed by atoms with E-state index in [1.807, 2.05) is 0 Å². The number of ether oxygens (including phenoxy) is 3. The van der Waals surface area contributed by atoms with Gasteiger partial charge in [-0.05, 0) is 48.9 Å². The second-order valence-corrected chi connectivity index (χ2v) is 8.88. The van der Waals surface area contributed by atoms with Gasteiger partial charge in [-0.1, -0.05) is 11.6 Å². The number of ketones is 1. The monoisotopic (exact) mass is 453 g/mol. The van der Waals surface area contributed by atoms with Crippen LogP contribution in [-0.2, 0) is 26.0 Å². The van der Waals surface area contributed by atoms with Crippen LogP contribution in [0.3, 0.4) is 0 Å². The van der Waals surface area contributed by atoms with Gasteiger partial charge in [-0.15, -0.1) is 0 Å². The Bertz CT molecular complexity index is 1070. The molecule has 2 aromatic carbocycles. The SMILES string of the molecule is CC(OC(=O)Cc1cc(Cl)c2c(c1)OCCO2)C(=O)c1ccc(NS(C)(=O)=O)cc1. The maximum Gasteiger partial charge on any atom is 0.310 e. The predicted octanol–water partition coefficient (Wildman–Crippen LogP) is 2.84. The summed E-state index contributed by atoms with van der Waals surface area (Å²) in [6.45, 7) is 2.26. The van der Waals surface area contributed by atoms with E-state index in [9.17, 15) is 18.0 Å². The van der Waals surface area contributed by atoms with Crippen LogP contribution in [-0.4, -0.2) is 45.7 Å². The molecule has 0 aliphatic carbocycles. The first-order valence-electron chi connectivity index (χ1n) is 9.02. The van der Waals surface area contributed by atoms with Gasteiger partial charge in [-0.25, -0.2) is 8.42 Å². The summed E-state index contributed by atoms with van der Waals surface area (Å²) in [5.41, 5.74) is 1.19. The number of Topliss-reactive ketones (excluding diaryl/α,β-unsaturated/α-hetero) is 1. The number of fused-ring (bicyclic) bond motifs is 1. The average molecular weight is 454 g/mol. The summed E-state index contributed by atoms with van der Waals surface area (Å²) >= 11 is 6.17. The quantitative estimate of drug-likeness (QED) is 0.507. The normalized spacial score (nSPS) is 14.0. The highest BCUT2D eigenvalue weighted by molar-refractivity contribution is 7.92. The second-order valence-electron chi connectivity index (χ2n) is 6.73. The van der Waals surface area contributed by atoms with Crippen LogP contribution >= 0.6 is 11.6 Å². The highest BCUT2D eigenvalue weighted by atomic mass is 35.5. The first-order chi connectivity index (χ1) is 14.1. The molecule has 1 N–H and O–H groups in total. The van der Waals surface area contributed by atoms with Gasteiger partial charge in [0.15, 0.2) is 17.6 Å². The number of hydrogen-bond acceptors (Lipinski definition) is 7. The number of benzene rings is 2. The summed E-state index contributed by atoms with van der Waals surface area (Å²) in [5.74, 6) is -0.103. The Morgan fingerprint density at radius 2 is 1.83 bits per heavy atom. The molecule has 0 radical (unpaired) electrons. The van der Waals surface area contributed by atoms with E-state index < -0.39 is 27.9 Å². The van der Waals surface area contributed by atoms with Crippen LogP contribution in [0.4, 0.5) is 5.69 Å². The molecule has 0 amide bonds. The molecule has 1 atom stereocenters. The maximum absolute atomic E-state index is 12.5. The Labute approximate surface area is 179 Å². The van der Waals surface area contributed by atoms with Gasteiger partial charge in [-0.2, -0.15) is 0 Å². The van der Waals surface area contributed by atoms with Crippen molar-refractivity contribution in [3.63, 3.8) is 0 Å². The third-order valence-corrected chi connectivity index (χ3v) is 5.04. The van der Waals surface area contributed by atoms with Crippen LogP contribution in [0.15, 0.2) is 36.4 Å². The van der Waals surface area contributed by atoms with Gasteiger partial charge in [0.2, 0.25) is 15.8 Å². The summed E-state index contributed by atoms with van der Waals surface area (Å²) in [7, 11) is -3.41. The van der Waals surface area contributed by atoms with Gasteiger partial charge in [-0.3, -0.25) is 14.3 Å². The minimum atomic E-state index is -3.41. The summed E-state index contributed by atoms with van der Waals surface area (Å²) in [6.07, 6.45) is -0.0767. The van der Waals surface area contributed by atoms with Gasteiger partial charge in [0.05, 0.1) is 17.7 Å². The van der Waals surface area contributed by atoms with Crippen molar-refractivity contribution >= 4 is 39.1 Å². The summed E-state index contributed by atoms with van der Waals surface area (Å²) in [4.78, 5) is 24.8. The molecule has 1 aliphatic rings. The minimum absolute atomic E-state index is 0.0921. The lowest BCUT2D eigenvalue weighted by Crippen LogP contribution is -2.25. The smallest absolute Gasteiger partial charge is 0.310 e. The van der Waals surface area contributed by atoms with Crippen LogP contribution in [0.1, 0.15) is 22.8 Å². The lowest BCUT2D eigenvalue weighted by atomic mass is 10.1. The molecule has 0 aromatic heterocycles. The number of carbonyl (C=O) groups is 2. The molecule has 160 valence electrons. The van der Waals surface area contributed by atoms with E-state index >= 15 is 0 Å². The number of carbonyl (C=O) groups excluding carboxylic acids is 2. The third kappa shape index (κ3) is 5.64. The largest absolute Gasteiger partial charge is 0.486 e. The standard InChI is InChI=1S/C20H20ClNO7S/c1-12(19(24)14-3-5-15(6-4-14)22-30(2,25)26)29-18(23)11-13-9-16(21)20-17(10-13)27-7-8-28-20/h3-6,9-10,12,22H,7-8,11H2,1-2H3. The van der Waals surface area contributed by atoms with Crippen molar-refractivity contribution in [1.29, 1.82) is 0 Å². The van der Waals surface area contributed by atoms with E-state index in [2.05, 4.69) is 4.72 Å². The molecule has 1 heterocycles. The van der Waals surface area contributed by atoms with E-state index in [4.69, 9.17) is 25.8 Å². The highest BCUT2D eigenvalue weighted by Gasteiger charge is 2.22. The van der Waals surface area contributed by atoms with Crippen molar-refractivity contribution in [2.24, 2.45) is 0 Å². The topological polar surface area (TPSA) is 108 Å². The van der Waals surface area contributed by atoms with Gasteiger partial charge in [0, 0.05) is 11.3 Å². The Morgan fingerprint density at radius 3 is 2.50 bits per heavy atom. The molecular weight excluding hydrogens is 434 g/mol. The van der Waals surface area contributed by atoms with Gasteiger partial charge < -0.3 is 14.2 Å². The summed E-state index contributed by atoms with van der Waals surface area (Å²) < 4.78 is 41.0. The van der Waals surface area contributed by atoms with Gasteiger partial charge >= 0.3 is 5.97 Å². The van der Waals surface area contributed by atoms with Crippen LogP contribution in [0.25, 0.3) is 0 Å². The van der Waals surface area contributed by atoms with Crippen molar-refractivity contribution in [3.05, 3.63) is 52.5 Å². The zero-order valence-electron chi connectivity index (χ0n) is 16.3. The number of sulfonamides is 1. The molecule has 30 heavy (non-hydrogen) atoms. The molecule has 2 aromatic rings. The van der Waals surface area contributed by atoms with Gasteiger partial charge in [0.1, 0.15) is 13.2 Å². The highest BCUT2D eigenvalue weighted by Crippen LogP contribution is 2.38. The van der Waals surface area contributed by atoms with E-state index in [1.54, 1.807) is 12.1 Å². The van der Waals surface area contributed by atoms with E-state index in [1.165, 1.54) is 31.2 Å². The van der Waals surface area contributed by atoms with Gasteiger partial charge in [0.25, 0.3) is 0 Å².